The van der Waals surface area contributed by atoms with Gasteiger partial charge in [-0.2, -0.15) is 4.98 Å². The number of piperazine rings is 1. The summed E-state index contributed by atoms with van der Waals surface area (Å²) in [4.78, 5) is 55.0. The number of aromatic nitrogens is 2. The van der Waals surface area contributed by atoms with Crippen LogP contribution in [0.2, 0.25) is 5.02 Å². The van der Waals surface area contributed by atoms with Crippen LogP contribution in [-0.2, 0) is 27.1 Å². The number of nitrogens with one attached hydrogen (secondary N) is 3. The molecule has 4 aromatic rings. The van der Waals surface area contributed by atoms with Gasteiger partial charge in [0.05, 0.1) is 37.3 Å². The molecule has 3 aliphatic heterocycles. The number of carbonyl (C=O) groups is 3. The van der Waals surface area contributed by atoms with Gasteiger partial charge in [0.15, 0.2) is 5.82 Å². The molecule has 7 rings (SSSR count). The molecule has 2 amide bonds. The Kier molecular flexibility index (Phi) is 15.1. The summed E-state index contributed by atoms with van der Waals surface area (Å²) >= 11 is 6.49. The van der Waals surface area contributed by atoms with Crippen molar-refractivity contribution in [2.24, 2.45) is 0 Å². The molecule has 342 valence electrons. The fraction of sp³-hybridized carbons (Fsp3) is 0.457. The zero-order valence-electron chi connectivity index (χ0n) is 37.2. The number of aryl methyl sites for hydroxylation is 1. The standard InChI is InChI=1S/C46H58ClFN9O6P/c1-6-30-24-38(52-46-50-27-36(47)44(53-46)51-37-12-10-31(48)25-42(37)64(4,5)61)41(62-3)26-39(30)56-16-14-32(15-17-56)55-20-18-54(19-21-55)22-23-63-40-9-7-8-34-35(40)28-57(45(34)60)33(29-58)11-13-43(59)49-2/h7-10,12,24-27,29,32-33H,6,11,13-23,28H2,1-5H3,(H,49,59)(H2,50,51,52,53). The summed E-state index contributed by atoms with van der Waals surface area (Å²) in [5.41, 5.74) is 4.80. The predicted octanol–water partition coefficient (Wildman–Crippen LogP) is 6.29. The minimum atomic E-state index is -2.83. The fourth-order valence-electron chi connectivity index (χ4n) is 8.82. The smallest absolute Gasteiger partial charge is 0.255 e. The van der Waals surface area contributed by atoms with E-state index in [9.17, 15) is 23.3 Å². The Hall–Kier alpha value is -5.28. The monoisotopic (exact) mass is 917 g/mol. The molecule has 0 radical (unpaired) electrons. The molecule has 0 aliphatic carbocycles. The molecule has 1 atom stereocenters. The number of fused-ring (bicyclic) bond motifs is 1. The maximum atomic E-state index is 14.1. The van der Waals surface area contributed by atoms with Crippen LogP contribution in [0.1, 0.15) is 54.1 Å². The molecule has 2 fully saturated rings. The van der Waals surface area contributed by atoms with E-state index in [1.54, 1.807) is 33.6 Å². The highest BCUT2D eigenvalue weighted by molar-refractivity contribution is 7.70. The zero-order valence-corrected chi connectivity index (χ0v) is 38.8. The minimum Gasteiger partial charge on any atom is -0.494 e. The molecule has 2 saturated heterocycles. The number of hydrogen-bond acceptors (Lipinski definition) is 13. The van der Waals surface area contributed by atoms with Gasteiger partial charge in [0.25, 0.3) is 5.91 Å². The summed E-state index contributed by atoms with van der Waals surface area (Å²) in [6.45, 7) is 12.6. The van der Waals surface area contributed by atoms with Gasteiger partial charge in [-0.3, -0.25) is 19.4 Å². The normalized spacial score (nSPS) is 16.6. The maximum absolute atomic E-state index is 14.1. The van der Waals surface area contributed by atoms with Crippen LogP contribution < -0.4 is 35.6 Å². The van der Waals surface area contributed by atoms with Gasteiger partial charge in [-0.05, 0) is 81.0 Å². The largest absolute Gasteiger partial charge is 0.494 e. The molecule has 3 aliphatic rings. The average Bonchev–Trinajstić information content (AvgIpc) is 3.64. The maximum Gasteiger partial charge on any atom is 0.255 e. The van der Waals surface area contributed by atoms with Crippen LogP contribution in [0, 0.1) is 5.82 Å². The summed E-state index contributed by atoms with van der Waals surface area (Å²) < 4.78 is 39.2. The van der Waals surface area contributed by atoms with Crippen LogP contribution in [0.3, 0.4) is 0 Å². The Morgan fingerprint density at radius 2 is 1.80 bits per heavy atom. The van der Waals surface area contributed by atoms with Crippen molar-refractivity contribution in [3.63, 3.8) is 0 Å². The van der Waals surface area contributed by atoms with E-state index >= 15 is 0 Å². The van der Waals surface area contributed by atoms with Crippen molar-refractivity contribution in [2.75, 3.05) is 95.4 Å². The third kappa shape index (κ3) is 10.8. The summed E-state index contributed by atoms with van der Waals surface area (Å²) in [5, 5.41) is 9.61. The predicted molar refractivity (Wildman–Crippen MR) is 250 cm³/mol. The third-order valence-corrected chi connectivity index (χ3v) is 14.2. The number of piperidine rings is 1. The Balaban J connectivity index is 0.904. The van der Waals surface area contributed by atoms with Crippen LogP contribution in [0.25, 0.3) is 0 Å². The zero-order chi connectivity index (χ0) is 45.5. The molecular weight excluding hydrogens is 860 g/mol. The van der Waals surface area contributed by atoms with E-state index in [0.29, 0.717) is 46.4 Å². The summed E-state index contributed by atoms with van der Waals surface area (Å²) in [7, 11) is 0.366. The van der Waals surface area contributed by atoms with E-state index in [2.05, 4.69) is 59.7 Å². The van der Waals surface area contributed by atoms with Gasteiger partial charge in [-0.1, -0.05) is 24.6 Å². The molecule has 3 aromatic carbocycles. The van der Waals surface area contributed by atoms with Crippen LogP contribution in [-0.4, -0.2) is 135 Å². The Morgan fingerprint density at radius 1 is 1.03 bits per heavy atom. The molecule has 0 bridgehead atoms. The highest BCUT2D eigenvalue weighted by atomic mass is 35.5. The second-order valence-electron chi connectivity index (χ2n) is 16.8. The van der Waals surface area contributed by atoms with E-state index < -0.39 is 19.0 Å². The number of carbonyl (C=O) groups excluding carboxylic acids is 3. The molecular formula is C46H58ClFN9O6P. The van der Waals surface area contributed by atoms with Gasteiger partial charge in [0.1, 0.15) is 42.4 Å². The van der Waals surface area contributed by atoms with Crippen LogP contribution in [0.15, 0.2) is 54.7 Å². The summed E-state index contributed by atoms with van der Waals surface area (Å²) in [6.07, 6.45) is 5.57. The number of amides is 2. The van der Waals surface area contributed by atoms with E-state index in [4.69, 9.17) is 21.1 Å². The quantitative estimate of drug-likeness (QED) is 0.0756. The fourth-order valence-corrected chi connectivity index (χ4v) is 10.1. The van der Waals surface area contributed by atoms with Crippen molar-refractivity contribution in [2.45, 2.75) is 57.7 Å². The third-order valence-electron chi connectivity index (χ3n) is 12.4. The molecule has 4 heterocycles. The molecule has 1 unspecified atom stereocenters. The Bertz CT molecular complexity index is 2390. The van der Waals surface area contributed by atoms with E-state index in [0.717, 1.165) is 88.2 Å². The van der Waals surface area contributed by atoms with E-state index in [-0.39, 0.29) is 48.0 Å². The van der Waals surface area contributed by atoms with Crippen molar-refractivity contribution >= 4 is 71.0 Å². The number of ether oxygens (including phenoxy) is 2. The van der Waals surface area contributed by atoms with Gasteiger partial charge in [0, 0.05) is 93.5 Å². The van der Waals surface area contributed by atoms with Gasteiger partial charge in [-0.15, -0.1) is 0 Å². The lowest BCUT2D eigenvalue weighted by molar-refractivity contribution is -0.121. The second-order valence-corrected chi connectivity index (χ2v) is 20.4. The highest BCUT2D eigenvalue weighted by Crippen LogP contribution is 2.40. The van der Waals surface area contributed by atoms with Crippen LogP contribution in [0.5, 0.6) is 11.5 Å². The summed E-state index contributed by atoms with van der Waals surface area (Å²) in [6, 6.07) is 13.5. The number of methoxy groups -OCH3 is 1. The molecule has 0 saturated carbocycles. The molecule has 3 N–H and O–H groups in total. The number of halogens is 2. The lowest BCUT2D eigenvalue weighted by atomic mass is 9.99. The second kappa shape index (κ2) is 20.7. The number of benzene rings is 3. The first kappa shape index (κ1) is 46.7. The lowest BCUT2D eigenvalue weighted by Crippen LogP contribution is -2.53. The number of hydrogen-bond donors (Lipinski definition) is 3. The molecule has 1 aromatic heterocycles. The van der Waals surface area contributed by atoms with Crippen molar-refractivity contribution in [3.8, 4) is 11.5 Å². The topological polar surface area (TPSA) is 162 Å². The first-order chi connectivity index (χ1) is 30.8. The molecule has 15 nitrogen and oxygen atoms in total. The number of anilines is 5. The first-order valence-electron chi connectivity index (χ1n) is 21.9. The Labute approximate surface area is 379 Å². The van der Waals surface area contributed by atoms with Gasteiger partial charge in [0.2, 0.25) is 11.9 Å². The molecule has 18 heteroatoms. The molecule has 0 spiro atoms. The van der Waals surface area contributed by atoms with E-state index in [1.165, 1.54) is 29.3 Å². The van der Waals surface area contributed by atoms with Crippen LogP contribution in [0.4, 0.5) is 33.2 Å². The minimum absolute atomic E-state index is 0.167. The van der Waals surface area contributed by atoms with E-state index in [1.807, 2.05) is 12.1 Å². The summed E-state index contributed by atoms with van der Waals surface area (Å²) in [5.74, 6) is 1.01. The van der Waals surface area contributed by atoms with Crippen molar-refractivity contribution < 1.29 is 32.8 Å². The number of aldehydes is 1. The average molecular weight is 918 g/mol. The number of nitrogens with zero attached hydrogens (tertiary/aromatic N) is 6. The van der Waals surface area contributed by atoms with Gasteiger partial charge in [-0.25, -0.2) is 9.37 Å². The highest BCUT2D eigenvalue weighted by Gasteiger charge is 2.35. The molecule has 64 heavy (non-hydrogen) atoms. The van der Waals surface area contributed by atoms with Crippen molar-refractivity contribution in [3.05, 3.63) is 82.3 Å². The van der Waals surface area contributed by atoms with Crippen LogP contribution >= 0.6 is 18.7 Å². The van der Waals surface area contributed by atoms with Crippen molar-refractivity contribution in [1.82, 2.24) is 30.0 Å². The van der Waals surface area contributed by atoms with Gasteiger partial charge >= 0.3 is 0 Å². The van der Waals surface area contributed by atoms with Crippen molar-refractivity contribution in [1.29, 1.82) is 0 Å². The Morgan fingerprint density at radius 3 is 2.48 bits per heavy atom. The number of rotatable bonds is 18. The first-order valence-corrected chi connectivity index (χ1v) is 24.8. The lowest BCUT2D eigenvalue weighted by Gasteiger charge is -2.43. The van der Waals surface area contributed by atoms with Gasteiger partial charge < -0.3 is 44.6 Å². The SMILES string of the molecule is CCc1cc(Nc2ncc(Cl)c(Nc3ccc(F)cc3P(C)(C)=O)n2)c(OC)cc1N1CCC(N2CCN(CCOc3cccc4c3CN(C(C=O)CCC(=O)NC)C4=O)CC2)CC1.